The van der Waals surface area contributed by atoms with Crippen LogP contribution in [0, 0.1) is 0 Å². The van der Waals surface area contributed by atoms with E-state index in [0.717, 1.165) is 12.8 Å². The molecule has 3 nitrogen and oxygen atoms in total. The fraction of sp³-hybridized carbons (Fsp3) is 0.263. The van der Waals surface area contributed by atoms with Crippen molar-refractivity contribution < 1.29 is 14.3 Å². The van der Waals surface area contributed by atoms with Crippen LogP contribution in [0.5, 0.6) is 11.5 Å². The third-order valence-electron chi connectivity index (χ3n) is 3.43. The van der Waals surface area contributed by atoms with Gasteiger partial charge in [0, 0.05) is 17.5 Å². The van der Waals surface area contributed by atoms with Gasteiger partial charge in [-0.3, -0.25) is 9.59 Å². The van der Waals surface area contributed by atoms with E-state index in [2.05, 4.69) is 6.92 Å². The quantitative estimate of drug-likeness (QED) is 0.671. The first-order valence-corrected chi connectivity index (χ1v) is 7.52. The lowest BCUT2D eigenvalue weighted by atomic mass is 10.1. The Hall–Kier alpha value is -2.42. The van der Waals surface area contributed by atoms with Crippen LogP contribution in [0.25, 0.3) is 0 Å². The van der Waals surface area contributed by atoms with E-state index in [9.17, 15) is 9.59 Å². The topological polar surface area (TPSA) is 43.4 Å². The fourth-order valence-electron chi connectivity index (χ4n) is 2.08. The number of carbonyl (C=O) groups is 2. The summed E-state index contributed by atoms with van der Waals surface area (Å²) in [5.41, 5.74) is 1.37. The number of rotatable bonds is 7. The van der Waals surface area contributed by atoms with Gasteiger partial charge in [-0.25, -0.2) is 0 Å². The van der Waals surface area contributed by atoms with Crippen molar-refractivity contribution in [3.8, 4) is 11.5 Å². The van der Waals surface area contributed by atoms with Crippen molar-refractivity contribution in [3.05, 3.63) is 59.7 Å². The van der Waals surface area contributed by atoms with Crippen molar-refractivity contribution in [2.45, 2.75) is 33.1 Å². The Morgan fingerprint density at radius 1 is 0.864 bits per heavy atom. The highest BCUT2D eigenvalue weighted by molar-refractivity contribution is 5.96. The van der Waals surface area contributed by atoms with E-state index in [1.54, 1.807) is 48.5 Å². The molecule has 0 aliphatic heterocycles. The van der Waals surface area contributed by atoms with Crippen molar-refractivity contribution in [1.29, 1.82) is 0 Å². The van der Waals surface area contributed by atoms with E-state index in [4.69, 9.17) is 4.74 Å². The molecule has 0 atom stereocenters. The summed E-state index contributed by atoms with van der Waals surface area (Å²) in [7, 11) is 0. The van der Waals surface area contributed by atoms with Crippen LogP contribution in [0.2, 0.25) is 0 Å². The largest absolute Gasteiger partial charge is 0.457 e. The molecular formula is C19H20O3. The molecule has 0 aliphatic carbocycles. The van der Waals surface area contributed by atoms with Crippen molar-refractivity contribution in [3.63, 3.8) is 0 Å². The van der Waals surface area contributed by atoms with Gasteiger partial charge in [0.15, 0.2) is 11.6 Å². The van der Waals surface area contributed by atoms with E-state index in [1.807, 2.05) is 0 Å². The molecule has 0 saturated heterocycles. The van der Waals surface area contributed by atoms with Crippen LogP contribution in [-0.2, 0) is 0 Å². The molecule has 2 aromatic rings. The van der Waals surface area contributed by atoms with Gasteiger partial charge in [-0.05, 0) is 61.9 Å². The molecule has 0 unspecified atom stereocenters. The molecule has 0 fully saturated rings. The van der Waals surface area contributed by atoms with Gasteiger partial charge >= 0.3 is 0 Å². The molecule has 3 heteroatoms. The number of carbonyl (C=O) groups excluding carboxylic acids is 2. The summed E-state index contributed by atoms with van der Waals surface area (Å²) in [6.07, 6.45) is 2.52. The number of hydrogen-bond acceptors (Lipinski definition) is 3. The monoisotopic (exact) mass is 296 g/mol. The molecule has 0 radical (unpaired) electrons. The number of Topliss-reactive ketones (excluding diaryl/α,β-unsaturated/α-hetero) is 2. The Kier molecular flexibility index (Phi) is 5.48. The molecule has 0 heterocycles. The summed E-state index contributed by atoms with van der Waals surface area (Å²) in [5.74, 6) is 1.53. The van der Waals surface area contributed by atoms with Crippen LogP contribution in [0.1, 0.15) is 53.8 Å². The summed E-state index contributed by atoms with van der Waals surface area (Å²) < 4.78 is 5.71. The van der Waals surface area contributed by atoms with Crippen LogP contribution in [0.3, 0.4) is 0 Å². The summed E-state index contributed by atoms with van der Waals surface area (Å²) >= 11 is 0. The molecule has 114 valence electrons. The SMILES string of the molecule is CCCCC(=O)c1ccc(Oc2ccc(C(C)=O)cc2)cc1. The normalized spacial score (nSPS) is 10.3. The third kappa shape index (κ3) is 4.29. The van der Waals surface area contributed by atoms with E-state index in [1.165, 1.54) is 6.92 Å². The molecule has 0 N–H and O–H groups in total. The summed E-state index contributed by atoms with van der Waals surface area (Å²) in [5, 5.41) is 0. The molecule has 2 aromatic carbocycles. The molecule has 0 bridgehead atoms. The lowest BCUT2D eigenvalue weighted by Gasteiger charge is -2.07. The zero-order valence-corrected chi connectivity index (χ0v) is 13.0. The predicted molar refractivity (Wildman–Crippen MR) is 86.8 cm³/mol. The average Bonchev–Trinajstić information content (AvgIpc) is 2.54. The smallest absolute Gasteiger partial charge is 0.162 e. The van der Waals surface area contributed by atoms with Crippen LogP contribution in [-0.4, -0.2) is 11.6 Å². The minimum atomic E-state index is 0.0292. The second-order valence-corrected chi connectivity index (χ2v) is 5.23. The van der Waals surface area contributed by atoms with Gasteiger partial charge < -0.3 is 4.74 Å². The summed E-state index contributed by atoms with van der Waals surface area (Å²) in [4.78, 5) is 23.1. The van der Waals surface area contributed by atoms with Gasteiger partial charge in [0.2, 0.25) is 0 Å². The first-order chi connectivity index (χ1) is 10.6. The van der Waals surface area contributed by atoms with Gasteiger partial charge in [-0.15, -0.1) is 0 Å². The zero-order chi connectivity index (χ0) is 15.9. The van der Waals surface area contributed by atoms with Crippen molar-refractivity contribution in [2.75, 3.05) is 0 Å². The highest BCUT2D eigenvalue weighted by Crippen LogP contribution is 2.22. The first kappa shape index (κ1) is 16.0. The predicted octanol–water partition coefficient (Wildman–Crippen LogP) is 5.05. The van der Waals surface area contributed by atoms with Gasteiger partial charge in [-0.2, -0.15) is 0 Å². The van der Waals surface area contributed by atoms with Crippen molar-refractivity contribution in [2.24, 2.45) is 0 Å². The van der Waals surface area contributed by atoms with Gasteiger partial charge in [-0.1, -0.05) is 13.3 Å². The summed E-state index contributed by atoms with van der Waals surface area (Å²) in [6.45, 7) is 3.60. The molecule has 22 heavy (non-hydrogen) atoms. The molecule has 0 aromatic heterocycles. The maximum atomic E-state index is 11.9. The maximum absolute atomic E-state index is 11.9. The van der Waals surface area contributed by atoms with Crippen molar-refractivity contribution in [1.82, 2.24) is 0 Å². The highest BCUT2D eigenvalue weighted by atomic mass is 16.5. The van der Waals surface area contributed by atoms with E-state index < -0.39 is 0 Å². The molecular weight excluding hydrogens is 276 g/mol. The van der Waals surface area contributed by atoms with Crippen LogP contribution in [0.15, 0.2) is 48.5 Å². The Balaban J connectivity index is 2.01. The van der Waals surface area contributed by atoms with Crippen LogP contribution >= 0.6 is 0 Å². The maximum Gasteiger partial charge on any atom is 0.162 e. The fourth-order valence-corrected chi connectivity index (χ4v) is 2.08. The summed E-state index contributed by atoms with van der Waals surface area (Å²) in [6, 6.07) is 14.2. The van der Waals surface area contributed by atoms with Gasteiger partial charge in [0.05, 0.1) is 0 Å². The minimum absolute atomic E-state index is 0.0292. The molecule has 0 amide bonds. The van der Waals surface area contributed by atoms with E-state index in [-0.39, 0.29) is 11.6 Å². The Bertz CT molecular complexity index is 639. The highest BCUT2D eigenvalue weighted by Gasteiger charge is 2.06. The van der Waals surface area contributed by atoms with Gasteiger partial charge in [0.25, 0.3) is 0 Å². The molecule has 0 saturated carbocycles. The standard InChI is InChI=1S/C19H20O3/c1-3-4-5-19(21)16-8-12-18(13-9-16)22-17-10-6-15(7-11-17)14(2)20/h6-13H,3-5H2,1-2H3. The molecule has 0 spiro atoms. The van der Waals surface area contributed by atoms with E-state index >= 15 is 0 Å². The van der Waals surface area contributed by atoms with E-state index in [0.29, 0.717) is 29.0 Å². The van der Waals surface area contributed by atoms with Crippen molar-refractivity contribution >= 4 is 11.6 Å². The Morgan fingerprint density at radius 2 is 1.36 bits per heavy atom. The Morgan fingerprint density at radius 3 is 1.82 bits per heavy atom. The van der Waals surface area contributed by atoms with Crippen LogP contribution < -0.4 is 4.74 Å². The lowest BCUT2D eigenvalue weighted by molar-refractivity contribution is 0.0978. The number of ketones is 2. The average molecular weight is 296 g/mol. The molecule has 2 rings (SSSR count). The minimum Gasteiger partial charge on any atom is -0.457 e. The second-order valence-electron chi connectivity index (χ2n) is 5.23. The first-order valence-electron chi connectivity index (χ1n) is 7.52. The Labute approximate surface area is 130 Å². The number of unbranched alkanes of at least 4 members (excludes halogenated alkanes) is 1. The number of ether oxygens (including phenoxy) is 1. The number of hydrogen-bond donors (Lipinski definition) is 0. The number of benzene rings is 2. The zero-order valence-electron chi connectivity index (χ0n) is 13.0. The third-order valence-corrected chi connectivity index (χ3v) is 3.43. The molecule has 0 aliphatic rings. The van der Waals surface area contributed by atoms with Gasteiger partial charge in [0.1, 0.15) is 11.5 Å². The lowest BCUT2D eigenvalue weighted by Crippen LogP contribution is -1.98. The second kappa shape index (κ2) is 7.55. The van der Waals surface area contributed by atoms with Crippen LogP contribution in [0.4, 0.5) is 0 Å².